The molecule has 1 N–H and O–H groups in total. The van der Waals surface area contributed by atoms with Gasteiger partial charge in [0.1, 0.15) is 24.9 Å². The number of nitrogens with zero attached hydrogens (tertiary/aromatic N) is 2. The van der Waals surface area contributed by atoms with Gasteiger partial charge in [0.25, 0.3) is 0 Å². The minimum absolute atomic E-state index is 0.00944. The maximum absolute atomic E-state index is 12.6. The van der Waals surface area contributed by atoms with Crippen molar-refractivity contribution < 1.29 is 9.53 Å². The fourth-order valence-electron chi connectivity index (χ4n) is 3.40. The lowest BCUT2D eigenvalue weighted by Gasteiger charge is -2.12. The summed E-state index contributed by atoms with van der Waals surface area (Å²) in [5, 5.41) is 3.01. The highest BCUT2D eigenvalue weighted by Gasteiger charge is 2.23. The molecular formula is C23H23N3O2. The normalized spacial score (nSPS) is 15.8. The summed E-state index contributed by atoms with van der Waals surface area (Å²) in [6.45, 7) is 2.80. The monoisotopic (exact) mass is 373 g/mol. The first kappa shape index (κ1) is 18.0. The Morgan fingerprint density at radius 3 is 2.71 bits per heavy atom. The molecule has 0 saturated carbocycles. The zero-order valence-corrected chi connectivity index (χ0v) is 15.8. The Morgan fingerprint density at radius 2 is 1.89 bits per heavy atom. The first-order valence-corrected chi connectivity index (χ1v) is 9.53. The van der Waals surface area contributed by atoms with Crippen molar-refractivity contribution >= 4 is 17.5 Å². The number of aliphatic imine (C=N–C) groups is 1. The molecule has 28 heavy (non-hydrogen) atoms. The molecule has 1 aromatic heterocycles. The van der Waals surface area contributed by atoms with Crippen LogP contribution in [-0.4, -0.2) is 23.0 Å². The molecule has 3 aromatic rings. The van der Waals surface area contributed by atoms with E-state index in [0.29, 0.717) is 12.5 Å². The Bertz CT molecular complexity index is 992. The molecule has 5 nitrogen and oxygen atoms in total. The molecule has 2 heterocycles. The van der Waals surface area contributed by atoms with Crippen LogP contribution in [0.15, 0.2) is 77.9 Å². The van der Waals surface area contributed by atoms with Crippen molar-refractivity contribution in [2.45, 2.75) is 25.9 Å². The van der Waals surface area contributed by atoms with Crippen LogP contribution >= 0.6 is 0 Å². The zero-order valence-electron chi connectivity index (χ0n) is 15.8. The van der Waals surface area contributed by atoms with Crippen LogP contribution in [0.3, 0.4) is 0 Å². The minimum Gasteiger partial charge on any atom is -0.474 e. The third kappa shape index (κ3) is 3.83. The third-order valence-corrected chi connectivity index (χ3v) is 4.87. The highest BCUT2D eigenvalue weighted by molar-refractivity contribution is 5.95. The average molecular weight is 373 g/mol. The first-order chi connectivity index (χ1) is 13.7. The number of benzene rings is 2. The van der Waals surface area contributed by atoms with E-state index in [2.05, 4.69) is 24.4 Å². The molecule has 0 bridgehead atoms. The van der Waals surface area contributed by atoms with Gasteiger partial charge in [0.2, 0.25) is 11.8 Å². The van der Waals surface area contributed by atoms with Gasteiger partial charge in [-0.25, -0.2) is 4.99 Å². The number of carbonyl (C=O) groups is 1. The van der Waals surface area contributed by atoms with Gasteiger partial charge in [-0.15, -0.1) is 0 Å². The molecule has 0 aliphatic carbocycles. The van der Waals surface area contributed by atoms with E-state index in [1.54, 1.807) is 0 Å². The highest BCUT2D eigenvalue weighted by Crippen LogP contribution is 2.25. The SMILES string of the molecule is CCc1ccccc1NC(=O)Cn1cccc1C1=N[C@H](c2ccccc2)CO1. The number of aromatic nitrogens is 1. The number of para-hydroxylation sites is 1. The van der Waals surface area contributed by atoms with Crippen LogP contribution in [0, 0.1) is 0 Å². The number of ether oxygens (including phenoxy) is 1. The fourth-order valence-corrected chi connectivity index (χ4v) is 3.40. The van der Waals surface area contributed by atoms with Gasteiger partial charge in [-0.3, -0.25) is 4.79 Å². The van der Waals surface area contributed by atoms with E-state index < -0.39 is 0 Å². The van der Waals surface area contributed by atoms with Gasteiger partial charge in [0.15, 0.2) is 0 Å². The van der Waals surface area contributed by atoms with Gasteiger partial charge < -0.3 is 14.6 Å². The van der Waals surface area contributed by atoms with Gasteiger partial charge in [-0.2, -0.15) is 0 Å². The zero-order chi connectivity index (χ0) is 19.3. The van der Waals surface area contributed by atoms with E-state index >= 15 is 0 Å². The van der Waals surface area contributed by atoms with E-state index in [4.69, 9.17) is 9.73 Å². The largest absolute Gasteiger partial charge is 0.474 e. The van der Waals surface area contributed by atoms with Crippen LogP contribution in [0.4, 0.5) is 5.69 Å². The molecule has 0 radical (unpaired) electrons. The Morgan fingerprint density at radius 1 is 1.11 bits per heavy atom. The number of amides is 1. The number of hydrogen-bond acceptors (Lipinski definition) is 3. The summed E-state index contributed by atoms with van der Waals surface area (Å²) in [6.07, 6.45) is 2.75. The molecule has 1 aliphatic heterocycles. The average Bonchev–Trinajstić information content (AvgIpc) is 3.38. The summed E-state index contributed by atoms with van der Waals surface area (Å²) in [5.74, 6) is 0.511. The van der Waals surface area contributed by atoms with E-state index in [-0.39, 0.29) is 18.5 Å². The Hall–Kier alpha value is -3.34. The van der Waals surface area contributed by atoms with Gasteiger partial charge in [0, 0.05) is 11.9 Å². The minimum atomic E-state index is -0.0726. The number of aryl methyl sites for hydroxylation is 1. The molecule has 142 valence electrons. The summed E-state index contributed by atoms with van der Waals surface area (Å²) in [7, 11) is 0. The summed E-state index contributed by atoms with van der Waals surface area (Å²) in [6, 6.07) is 21.8. The van der Waals surface area contributed by atoms with Crippen molar-refractivity contribution in [3.8, 4) is 0 Å². The van der Waals surface area contributed by atoms with Crippen LogP contribution in [0.1, 0.15) is 29.8 Å². The topological polar surface area (TPSA) is 55.6 Å². The molecule has 5 heteroatoms. The Balaban J connectivity index is 1.48. The maximum atomic E-state index is 12.6. The Kier molecular flexibility index (Phi) is 5.24. The number of carbonyl (C=O) groups excluding carboxylic acids is 1. The Labute approximate surface area is 164 Å². The summed E-state index contributed by atoms with van der Waals surface area (Å²) >= 11 is 0. The van der Waals surface area contributed by atoms with Crippen LogP contribution in [0.2, 0.25) is 0 Å². The highest BCUT2D eigenvalue weighted by atomic mass is 16.5. The molecule has 1 amide bonds. The smallest absolute Gasteiger partial charge is 0.244 e. The second-order valence-corrected chi connectivity index (χ2v) is 6.75. The lowest BCUT2D eigenvalue weighted by Crippen LogP contribution is -2.21. The lowest BCUT2D eigenvalue weighted by molar-refractivity contribution is -0.116. The number of rotatable bonds is 6. The van der Waals surface area contributed by atoms with Crippen molar-refractivity contribution in [3.05, 3.63) is 89.7 Å². The molecule has 1 aliphatic rings. The van der Waals surface area contributed by atoms with Crippen LogP contribution in [-0.2, 0) is 22.5 Å². The molecule has 2 aromatic carbocycles. The standard InChI is InChI=1S/C23H23N3O2/c1-2-17-9-6-7-12-19(17)24-22(27)15-26-14-8-13-21(26)23-25-20(16-28-23)18-10-4-3-5-11-18/h3-14,20H,2,15-16H2,1H3,(H,24,27)/t20-/m0/s1. The number of hydrogen-bond donors (Lipinski definition) is 1. The van der Waals surface area contributed by atoms with E-state index in [0.717, 1.165) is 28.9 Å². The first-order valence-electron chi connectivity index (χ1n) is 9.53. The van der Waals surface area contributed by atoms with E-state index in [1.807, 2.05) is 65.4 Å². The molecule has 0 spiro atoms. The van der Waals surface area contributed by atoms with E-state index in [9.17, 15) is 4.79 Å². The summed E-state index contributed by atoms with van der Waals surface area (Å²) in [4.78, 5) is 17.3. The van der Waals surface area contributed by atoms with Gasteiger partial charge in [-0.05, 0) is 35.7 Å². The summed E-state index contributed by atoms with van der Waals surface area (Å²) < 4.78 is 7.71. The van der Waals surface area contributed by atoms with Crippen LogP contribution in [0.5, 0.6) is 0 Å². The summed E-state index contributed by atoms with van der Waals surface area (Å²) in [5.41, 5.74) is 3.93. The lowest BCUT2D eigenvalue weighted by atomic mass is 10.1. The van der Waals surface area contributed by atoms with E-state index in [1.165, 1.54) is 0 Å². The second kappa shape index (κ2) is 8.13. The number of anilines is 1. The molecule has 0 saturated heterocycles. The maximum Gasteiger partial charge on any atom is 0.244 e. The fraction of sp³-hybridized carbons (Fsp3) is 0.217. The quantitative estimate of drug-likeness (QED) is 0.704. The predicted molar refractivity (Wildman–Crippen MR) is 111 cm³/mol. The van der Waals surface area contributed by atoms with Crippen molar-refractivity contribution in [3.63, 3.8) is 0 Å². The predicted octanol–water partition coefficient (Wildman–Crippen LogP) is 4.21. The van der Waals surface area contributed by atoms with Crippen molar-refractivity contribution in [2.75, 3.05) is 11.9 Å². The van der Waals surface area contributed by atoms with Gasteiger partial charge in [-0.1, -0.05) is 55.5 Å². The number of nitrogens with one attached hydrogen (secondary N) is 1. The van der Waals surface area contributed by atoms with Crippen molar-refractivity contribution in [2.24, 2.45) is 4.99 Å². The van der Waals surface area contributed by atoms with Crippen molar-refractivity contribution in [1.82, 2.24) is 4.57 Å². The van der Waals surface area contributed by atoms with Gasteiger partial charge in [0.05, 0.1) is 0 Å². The van der Waals surface area contributed by atoms with Crippen molar-refractivity contribution in [1.29, 1.82) is 0 Å². The van der Waals surface area contributed by atoms with Crippen LogP contribution < -0.4 is 5.32 Å². The molecular weight excluding hydrogens is 350 g/mol. The van der Waals surface area contributed by atoms with Gasteiger partial charge >= 0.3 is 0 Å². The van der Waals surface area contributed by atoms with Crippen LogP contribution in [0.25, 0.3) is 0 Å². The molecule has 4 rings (SSSR count). The molecule has 0 unspecified atom stereocenters. The molecule has 1 atom stereocenters. The third-order valence-electron chi connectivity index (χ3n) is 4.87. The molecule has 0 fully saturated rings. The second-order valence-electron chi connectivity index (χ2n) is 6.75.